The number of sulfonamides is 1. The minimum absolute atomic E-state index is 0.156. The first kappa shape index (κ1) is 16.0. The fourth-order valence-electron chi connectivity index (χ4n) is 2.76. The number of hydrogen-bond donors (Lipinski definition) is 1. The smallest absolute Gasteiger partial charge is 0.243 e. The van der Waals surface area contributed by atoms with Crippen LogP contribution in [0.2, 0.25) is 0 Å². The molecule has 23 heavy (non-hydrogen) atoms. The molecule has 0 amide bonds. The summed E-state index contributed by atoms with van der Waals surface area (Å²) in [5.74, 6) is 0.478. The summed E-state index contributed by atoms with van der Waals surface area (Å²) in [4.78, 5) is 0.156. The second kappa shape index (κ2) is 6.31. The fraction of sp³-hybridized carbons (Fsp3) is 0.400. The Labute approximate surface area is 135 Å². The maximum Gasteiger partial charge on any atom is 0.243 e. The predicted molar refractivity (Wildman–Crippen MR) is 83.4 cm³/mol. The molecule has 3 rings (SSSR count). The Balaban J connectivity index is 2.01. The van der Waals surface area contributed by atoms with E-state index in [4.69, 9.17) is 4.74 Å². The molecular formula is C15H19N3O4S. The Morgan fingerprint density at radius 3 is 2.96 bits per heavy atom. The molecule has 1 aromatic heterocycles. The molecule has 1 aliphatic rings. The van der Waals surface area contributed by atoms with Crippen molar-refractivity contribution >= 4 is 10.0 Å². The number of benzene rings is 1. The van der Waals surface area contributed by atoms with Gasteiger partial charge >= 0.3 is 0 Å². The van der Waals surface area contributed by atoms with Crippen molar-refractivity contribution in [1.82, 2.24) is 14.1 Å². The second-order valence-electron chi connectivity index (χ2n) is 5.40. The first-order valence-corrected chi connectivity index (χ1v) is 8.77. The lowest BCUT2D eigenvalue weighted by molar-refractivity contribution is 0.178. The fourth-order valence-corrected chi connectivity index (χ4v) is 4.41. The van der Waals surface area contributed by atoms with E-state index >= 15 is 0 Å². The molecule has 0 aliphatic carbocycles. The van der Waals surface area contributed by atoms with Gasteiger partial charge < -0.3 is 9.84 Å². The van der Waals surface area contributed by atoms with Gasteiger partial charge in [0.2, 0.25) is 10.0 Å². The van der Waals surface area contributed by atoms with E-state index in [0.29, 0.717) is 18.7 Å². The molecule has 0 fully saturated rings. The largest absolute Gasteiger partial charge is 0.497 e. The zero-order valence-corrected chi connectivity index (χ0v) is 13.6. The molecule has 1 aliphatic heterocycles. The number of aryl methyl sites for hydroxylation is 1. The molecule has 0 saturated carbocycles. The number of nitrogens with zero attached hydrogens (tertiary/aromatic N) is 3. The molecule has 2 aromatic rings. The van der Waals surface area contributed by atoms with Gasteiger partial charge in [-0.15, -0.1) is 0 Å². The average Bonchev–Trinajstić information content (AvgIpc) is 2.93. The quantitative estimate of drug-likeness (QED) is 0.894. The summed E-state index contributed by atoms with van der Waals surface area (Å²) < 4.78 is 34.3. The van der Waals surface area contributed by atoms with Crippen LogP contribution >= 0.6 is 0 Å². The van der Waals surface area contributed by atoms with Crippen LogP contribution in [0.4, 0.5) is 0 Å². The van der Waals surface area contributed by atoms with E-state index in [9.17, 15) is 13.5 Å². The lowest BCUT2D eigenvalue weighted by atomic mass is 10.2. The van der Waals surface area contributed by atoms with Crippen molar-refractivity contribution in [2.45, 2.75) is 30.4 Å². The van der Waals surface area contributed by atoms with Gasteiger partial charge in [-0.3, -0.25) is 4.68 Å². The number of aliphatic hydroxyl groups is 1. The Bertz CT molecular complexity index is 788. The van der Waals surface area contributed by atoms with Crippen LogP contribution in [-0.2, 0) is 23.1 Å². The van der Waals surface area contributed by atoms with E-state index in [0.717, 1.165) is 5.69 Å². The first-order valence-electron chi connectivity index (χ1n) is 7.33. The highest BCUT2D eigenvalue weighted by molar-refractivity contribution is 7.89. The first-order chi connectivity index (χ1) is 11.1. The Morgan fingerprint density at radius 1 is 1.39 bits per heavy atom. The maximum absolute atomic E-state index is 13.0. The molecule has 7 nitrogen and oxygen atoms in total. The number of methoxy groups -OCH3 is 1. The number of aliphatic hydroxyl groups excluding tert-OH is 1. The molecule has 0 saturated heterocycles. The third kappa shape index (κ3) is 2.97. The van der Waals surface area contributed by atoms with Crippen molar-refractivity contribution in [3.05, 3.63) is 42.2 Å². The molecule has 2 heterocycles. The van der Waals surface area contributed by atoms with Crippen molar-refractivity contribution < 1.29 is 18.3 Å². The van der Waals surface area contributed by atoms with Gasteiger partial charge in [0, 0.05) is 18.8 Å². The Kier molecular flexibility index (Phi) is 4.38. The minimum Gasteiger partial charge on any atom is -0.497 e. The standard InChI is InChI=1S/C15H19N3O4S/c1-22-14-3-2-4-15(9-14)23(20,21)18-10-12-5-7-16-17(12)8-6-13(18)11-19/h2-5,7,9,13,19H,6,8,10-11H2,1H3/t13-/m0/s1. The molecule has 1 atom stereocenters. The van der Waals surface area contributed by atoms with Crippen molar-refractivity contribution in [2.75, 3.05) is 13.7 Å². The topological polar surface area (TPSA) is 84.7 Å². The average molecular weight is 337 g/mol. The van der Waals surface area contributed by atoms with Crippen LogP contribution in [0.3, 0.4) is 0 Å². The van der Waals surface area contributed by atoms with Crippen LogP contribution in [0.25, 0.3) is 0 Å². The highest BCUT2D eigenvalue weighted by Crippen LogP contribution is 2.27. The van der Waals surface area contributed by atoms with Crippen LogP contribution in [0.15, 0.2) is 41.4 Å². The zero-order valence-electron chi connectivity index (χ0n) is 12.8. The van der Waals surface area contributed by atoms with Gasteiger partial charge in [0.25, 0.3) is 0 Å². The van der Waals surface area contributed by atoms with Crippen molar-refractivity contribution in [3.63, 3.8) is 0 Å². The van der Waals surface area contributed by atoms with E-state index in [-0.39, 0.29) is 18.0 Å². The predicted octanol–water partition coefficient (Wildman–Crippen LogP) is 0.847. The summed E-state index contributed by atoms with van der Waals surface area (Å²) in [6.07, 6.45) is 2.17. The van der Waals surface area contributed by atoms with Gasteiger partial charge in [0.1, 0.15) is 5.75 Å². The van der Waals surface area contributed by atoms with Crippen molar-refractivity contribution in [1.29, 1.82) is 0 Å². The summed E-state index contributed by atoms with van der Waals surface area (Å²) in [6.45, 7) is 0.538. The number of hydrogen-bond acceptors (Lipinski definition) is 5. The van der Waals surface area contributed by atoms with Crippen LogP contribution in [0, 0.1) is 0 Å². The van der Waals surface area contributed by atoms with Crippen molar-refractivity contribution in [2.24, 2.45) is 0 Å². The highest BCUT2D eigenvalue weighted by Gasteiger charge is 2.34. The lowest BCUT2D eigenvalue weighted by Gasteiger charge is -2.27. The maximum atomic E-state index is 13.0. The summed E-state index contributed by atoms with van der Waals surface area (Å²) >= 11 is 0. The monoisotopic (exact) mass is 337 g/mol. The molecule has 1 N–H and O–H groups in total. The van der Waals surface area contributed by atoms with Crippen LogP contribution in [-0.4, -0.2) is 47.4 Å². The van der Waals surface area contributed by atoms with E-state index in [2.05, 4.69) is 5.10 Å². The number of aromatic nitrogens is 2. The Hall–Kier alpha value is -1.90. The van der Waals surface area contributed by atoms with E-state index in [1.54, 1.807) is 29.1 Å². The van der Waals surface area contributed by atoms with E-state index in [1.807, 2.05) is 0 Å². The molecular weight excluding hydrogens is 318 g/mol. The van der Waals surface area contributed by atoms with Crippen LogP contribution in [0.1, 0.15) is 12.1 Å². The molecule has 0 unspecified atom stereocenters. The summed E-state index contributed by atoms with van der Waals surface area (Å²) in [7, 11) is -2.25. The van der Waals surface area contributed by atoms with E-state index in [1.165, 1.54) is 23.5 Å². The molecule has 1 aromatic carbocycles. The van der Waals surface area contributed by atoms with Crippen molar-refractivity contribution in [3.8, 4) is 5.75 Å². The molecule has 0 bridgehead atoms. The molecule has 8 heteroatoms. The van der Waals surface area contributed by atoms with E-state index < -0.39 is 16.1 Å². The van der Waals surface area contributed by atoms with Crippen LogP contribution < -0.4 is 4.74 Å². The lowest BCUT2D eigenvalue weighted by Crippen LogP contribution is -2.41. The zero-order chi connectivity index (χ0) is 16.4. The number of rotatable bonds is 4. The second-order valence-corrected chi connectivity index (χ2v) is 7.29. The van der Waals surface area contributed by atoms with Gasteiger partial charge in [0.15, 0.2) is 0 Å². The number of ether oxygens (including phenoxy) is 1. The van der Waals surface area contributed by atoms with Gasteiger partial charge in [-0.05, 0) is 24.6 Å². The summed E-state index contributed by atoms with van der Waals surface area (Å²) in [5, 5.41) is 13.8. The summed E-state index contributed by atoms with van der Waals surface area (Å²) in [6, 6.07) is 7.68. The van der Waals surface area contributed by atoms with Gasteiger partial charge in [-0.2, -0.15) is 9.40 Å². The third-order valence-electron chi connectivity index (χ3n) is 4.06. The SMILES string of the molecule is COc1cccc(S(=O)(=O)N2Cc3ccnn3CC[C@H]2CO)c1. The normalized spacial score (nSPS) is 19.1. The number of fused-ring (bicyclic) bond motifs is 1. The third-order valence-corrected chi connectivity index (χ3v) is 5.96. The highest BCUT2D eigenvalue weighted by atomic mass is 32.2. The van der Waals surface area contributed by atoms with Gasteiger partial charge in [0.05, 0.1) is 36.9 Å². The Morgan fingerprint density at radius 2 is 2.22 bits per heavy atom. The molecule has 0 radical (unpaired) electrons. The van der Waals surface area contributed by atoms with Crippen LogP contribution in [0.5, 0.6) is 5.75 Å². The van der Waals surface area contributed by atoms with Gasteiger partial charge in [-0.1, -0.05) is 6.07 Å². The van der Waals surface area contributed by atoms with Gasteiger partial charge in [-0.25, -0.2) is 8.42 Å². The summed E-state index contributed by atoms with van der Waals surface area (Å²) in [5.41, 5.74) is 0.812. The molecule has 0 spiro atoms. The molecule has 124 valence electrons. The minimum atomic E-state index is -3.75.